The Morgan fingerprint density at radius 1 is 1.10 bits per heavy atom. The van der Waals surface area contributed by atoms with E-state index in [-0.39, 0.29) is 23.8 Å². The van der Waals surface area contributed by atoms with Crippen molar-refractivity contribution in [3.05, 3.63) is 41.9 Å². The number of benzene rings is 1. The number of likely N-dealkylation sites (N-methyl/N-ethyl adjacent to an activating group) is 1. The van der Waals surface area contributed by atoms with Crippen LogP contribution in [0.25, 0.3) is 0 Å². The first-order chi connectivity index (χ1) is 19.4. The second-order valence-electron chi connectivity index (χ2n) is 9.23. The number of thiocarbonyl (C=S) groups is 1. The van der Waals surface area contributed by atoms with E-state index in [9.17, 15) is 22.6 Å². The SMILES string of the molecule is CC[NH+](CC)CC.COC(=O)CN1C(=S)N(C)C(=O)/C1=C/C=C1/Oc2cc(OC)ccc2N1CCCCS(=O)(=O)[O-]. The third-order valence-corrected chi connectivity index (χ3v) is 7.98. The average Bonchev–Trinajstić information content (AvgIpc) is 3.39. The molecule has 3 rings (SSSR count). The van der Waals surface area contributed by atoms with Crippen LogP contribution in [0.3, 0.4) is 0 Å². The van der Waals surface area contributed by atoms with Gasteiger partial charge in [0.25, 0.3) is 5.91 Å². The highest BCUT2D eigenvalue weighted by Crippen LogP contribution is 2.41. The summed E-state index contributed by atoms with van der Waals surface area (Å²) in [6.07, 6.45) is 3.65. The summed E-state index contributed by atoms with van der Waals surface area (Å²) >= 11 is 5.27. The summed E-state index contributed by atoms with van der Waals surface area (Å²) in [7, 11) is -0.0198. The molecule has 1 aromatic carbocycles. The van der Waals surface area contributed by atoms with Crippen LogP contribution in [-0.2, 0) is 24.4 Å². The van der Waals surface area contributed by atoms with E-state index in [1.165, 1.54) is 56.8 Å². The highest BCUT2D eigenvalue weighted by atomic mass is 32.2. The fraction of sp³-hybridized carbons (Fsp3) is 0.519. The van der Waals surface area contributed by atoms with Gasteiger partial charge in [0.15, 0.2) is 10.9 Å². The largest absolute Gasteiger partial charge is 0.748 e. The van der Waals surface area contributed by atoms with E-state index in [1.54, 1.807) is 34.1 Å². The molecule has 0 atom stereocenters. The average molecular weight is 613 g/mol. The Labute approximate surface area is 247 Å². The minimum atomic E-state index is -4.30. The number of nitrogens with one attached hydrogen (secondary N) is 1. The lowest BCUT2D eigenvalue weighted by atomic mass is 10.2. The van der Waals surface area contributed by atoms with Gasteiger partial charge in [-0.2, -0.15) is 0 Å². The van der Waals surface area contributed by atoms with E-state index in [0.717, 1.165) is 0 Å². The van der Waals surface area contributed by atoms with Crippen molar-refractivity contribution in [1.82, 2.24) is 9.80 Å². The van der Waals surface area contributed by atoms with Gasteiger partial charge in [-0.25, -0.2) is 8.42 Å². The van der Waals surface area contributed by atoms with Gasteiger partial charge in [-0.1, -0.05) is 0 Å². The molecule has 0 aliphatic carbocycles. The molecule has 0 unspecified atom stereocenters. The minimum Gasteiger partial charge on any atom is -0.748 e. The molecule has 0 bridgehead atoms. The van der Waals surface area contributed by atoms with Crippen molar-refractivity contribution >= 4 is 45.0 Å². The number of ether oxygens (including phenoxy) is 3. The highest BCUT2D eigenvalue weighted by Gasteiger charge is 2.37. The molecule has 2 aliphatic heterocycles. The molecule has 41 heavy (non-hydrogen) atoms. The Kier molecular flexibility index (Phi) is 13.0. The molecule has 12 nitrogen and oxygen atoms in total. The first-order valence-electron chi connectivity index (χ1n) is 13.4. The van der Waals surface area contributed by atoms with Crippen molar-refractivity contribution in [3.8, 4) is 11.5 Å². The van der Waals surface area contributed by atoms with Crippen molar-refractivity contribution < 1.29 is 41.7 Å². The number of nitrogens with zero attached hydrogens (tertiary/aromatic N) is 3. The van der Waals surface area contributed by atoms with Crippen molar-refractivity contribution in [3.63, 3.8) is 0 Å². The van der Waals surface area contributed by atoms with Crippen molar-refractivity contribution in [1.29, 1.82) is 0 Å². The number of esters is 1. The quantitative estimate of drug-likeness (QED) is 0.120. The van der Waals surface area contributed by atoms with Crippen LogP contribution in [0.15, 0.2) is 41.9 Å². The smallest absolute Gasteiger partial charge is 0.325 e. The van der Waals surface area contributed by atoms with Crippen LogP contribution >= 0.6 is 12.2 Å². The zero-order chi connectivity index (χ0) is 30.7. The first-order valence-corrected chi connectivity index (χ1v) is 15.4. The summed E-state index contributed by atoms with van der Waals surface area (Å²) in [5, 5.41) is 0.163. The molecule has 0 radical (unpaired) electrons. The van der Waals surface area contributed by atoms with Crippen molar-refractivity contribution in [2.75, 3.05) is 64.6 Å². The van der Waals surface area contributed by atoms with Crippen LogP contribution in [0.4, 0.5) is 5.69 Å². The predicted molar refractivity (Wildman–Crippen MR) is 158 cm³/mol. The van der Waals surface area contributed by atoms with E-state index in [0.29, 0.717) is 36.0 Å². The van der Waals surface area contributed by atoms with Gasteiger partial charge in [0.05, 0.1) is 49.7 Å². The van der Waals surface area contributed by atoms with Crippen molar-refractivity contribution in [2.45, 2.75) is 33.6 Å². The number of rotatable bonds is 12. The van der Waals surface area contributed by atoms with Gasteiger partial charge >= 0.3 is 5.97 Å². The standard InChI is InChI=1S/C21H25N3O8S2.C6H15N/c1-22-20(26)16(24(21(22)33)13-19(25)31-3)8-9-18-23(10-4-5-11-34(27,28)29)15-7-6-14(30-2)12-17(15)32-18;1-4-7(5-2)6-3/h6-9,12H,4-5,10-11,13H2,1-3H3,(H,27,28,29);4-6H2,1-3H3/b16-8-,18-9+;. The van der Waals surface area contributed by atoms with E-state index < -0.39 is 27.7 Å². The van der Waals surface area contributed by atoms with Crippen LogP contribution in [0.2, 0.25) is 0 Å². The number of hydrogen-bond acceptors (Lipinski definition) is 10. The van der Waals surface area contributed by atoms with E-state index in [4.69, 9.17) is 26.4 Å². The van der Waals surface area contributed by atoms with Crippen LogP contribution in [0.1, 0.15) is 33.6 Å². The van der Waals surface area contributed by atoms with E-state index in [1.807, 2.05) is 0 Å². The molecule has 1 aromatic rings. The lowest BCUT2D eigenvalue weighted by Crippen LogP contribution is -3.11. The molecular formula is C27H40N4O8S2. The number of unbranched alkanes of at least 4 members (excludes halogenated alkanes) is 1. The number of methoxy groups -OCH3 is 2. The number of fused-ring (bicyclic) bond motifs is 1. The fourth-order valence-electron chi connectivity index (χ4n) is 4.18. The number of amides is 1. The third kappa shape index (κ3) is 9.42. The normalized spacial score (nSPS) is 16.7. The molecular weight excluding hydrogens is 572 g/mol. The molecule has 1 fully saturated rings. The zero-order valence-corrected chi connectivity index (χ0v) is 26.1. The van der Waals surface area contributed by atoms with Crippen molar-refractivity contribution in [2.24, 2.45) is 0 Å². The lowest BCUT2D eigenvalue weighted by molar-refractivity contribution is -0.894. The number of carbonyl (C=O) groups is 2. The van der Waals surface area contributed by atoms with Gasteiger partial charge < -0.3 is 33.5 Å². The number of carbonyl (C=O) groups excluding carboxylic acids is 2. The Balaban J connectivity index is 0.000000745. The van der Waals surface area contributed by atoms with Crippen LogP contribution in [0, 0.1) is 0 Å². The van der Waals surface area contributed by atoms with Crippen LogP contribution < -0.4 is 19.3 Å². The fourth-order valence-corrected chi connectivity index (χ4v) is 4.99. The predicted octanol–water partition coefficient (Wildman–Crippen LogP) is 1.11. The third-order valence-electron chi connectivity index (χ3n) is 6.70. The van der Waals surface area contributed by atoms with Gasteiger partial charge in [-0.3, -0.25) is 14.5 Å². The summed E-state index contributed by atoms with van der Waals surface area (Å²) in [5.74, 6) is 0.0500. The monoisotopic (exact) mass is 612 g/mol. The van der Waals surface area contributed by atoms with Crippen LogP contribution in [-0.4, -0.2) is 99.5 Å². The first kappa shape index (κ1) is 34.0. The molecule has 0 spiro atoms. The number of allylic oxidation sites excluding steroid dienone is 2. The maximum Gasteiger partial charge on any atom is 0.325 e. The maximum atomic E-state index is 12.7. The highest BCUT2D eigenvalue weighted by molar-refractivity contribution is 7.85. The number of anilines is 1. The molecule has 228 valence electrons. The van der Waals surface area contributed by atoms with E-state index >= 15 is 0 Å². The topological polar surface area (TPSA) is 133 Å². The summed E-state index contributed by atoms with van der Waals surface area (Å²) in [5.41, 5.74) is 0.882. The molecule has 1 saturated heterocycles. The second kappa shape index (κ2) is 15.7. The summed E-state index contributed by atoms with van der Waals surface area (Å²) in [6, 6.07) is 5.25. The number of quaternary nitrogens is 1. The lowest BCUT2D eigenvalue weighted by Gasteiger charge is -2.19. The van der Waals surface area contributed by atoms with Gasteiger partial charge in [0, 0.05) is 31.5 Å². The molecule has 2 aliphatic rings. The Morgan fingerprint density at radius 2 is 1.76 bits per heavy atom. The van der Waals surface area contributed by atoms with Gasteiger partial charge in [0.2, 0.25) is 5.88 Å². The summed E-state index contributed by atoms with van der Waals surface area (Å²) in [6.45, 7) is 10.6. The van der Waals surface area contributed by atoms with Crippen LogP contribution in [0.5, 0.6) is 11.5 Å². The Morgan fingerprint density at radius 3 is 2.29 bits per heavy atom. The van der Waals surface area contributed by atoms with Gasteiger partial charge in [-0.05, 0) is 64.0 Å². The van der Waals surface area contributed by atoms with Gasteiger partial charge in [0.1, 0.15) is 18.0 Å². The maximum absolute atomic E-state index is 12.7. The molecule has 0 saturated carbocycles. The molecule has 1 amide bonds. The summed E-state index contributed by atoms with van der Waals surface area (Å²) in [4.78, 5) is 30.6. The molecule has 1 N–H and O–H groups in total. The number of hydrogen-bond donors (Lipinski definition) is 1. The second-order valence-corrected chi connectivity index (χ2v) is 11.1. The van der Waals surface area contributed by atoms with Gasteiger partial charge in [-0.15, -0.1) is 0 Å². The zero-order valence-electron chi connectivity index (χ0n) is 24.5. The van der Waals surface area contributed by atoms with E-state index in [2.05, 4.69) is 20.8 Å². The Hall–Kier alpha value is -3.20. The summed E-state index contributed by atoms with van der Waals surface area (Å²) < 4.78 is 48.6. The molecule has 14 heteroatoms. The Bertz CT molecular complexity index is 1260. The molecule has 0 aromatic heterocycles. The minimum absolute atomic E-state index is 0.163. The molecule has 2 heterocycles.